The number of hydrogen-bond donors (Lipinski definition) is 2. The van der Waals surface area contributed by atoms with Crippen molar-refractivity contribution in [1.29, 1.82) is 0 Å². The maximum Gasteiger partial charge on any atom is 0.303 e. The van der Waals surface area contributed by atoms with Gasteiger partial charge in [-0.2, -0.15) is 0 Å². The lowest BCUT2D eigenvalue weighted by molar-refractivity contribution is -0.137. The fourth-order valence-electron chi connectivity index (χ4n) is 2.35. The summed E-state index contributed by atoms with van der Waals surface area (Å²) in [5.41, 5.74) is 0.180. The second-order valence-electron chi connectivity index (χ2n) is 5.72. The molecule has 0 spiro atoms. The van der Waals surface area contributed by atoms with E-state index in [0.717, 1.165) is 12.1 Å². The van der Waals surface area contributed by atoms with Crippen molar-refractivity contribution in [2.45, 2.75) is 25.7 Å². The van der Waals surface area contributed by atoms with Crippen LogP contribution in [0, 0.1) is 11.6 Å². The Kier molecular flexibility index (Phi) is 6.66. The van der Waals surface area contributed by atoms with Crippen LogP contribution in [-0.4, -0.2) is 23.6 Å². The quantitative estimate of drug-likeness (QED) is 0.697. The molecule has 0 radical (unpaired) electrons. The lowest BCUT2D eigenvalue weighted by Gasteiger charge is -2.14. The molecule has 0 aliphatic heterocycles. The number of halogens is 2. The molecule has 1 atom stereocenters. The molecule has 0 fully saturated rings. The van der Waals surface area contributed by atoms with Gasteiger partial charge < -0.3 is 15.2 Å². The number of nitrogens with one attached hydrogen (secondary N) is 1. The Morgan fingerprint density at radius 2 is 1.73 bits per heavy atom. The number of benzene rings is 2. The van der Waals surface area contributed by atoms with Gasteiger partial charge in [0.15, 0.2) is 0 Å². The normalized spacial score (nSPS) is 11.7. The van der Waals surface area contributed by atoms with Gasteiger partial charge in [0.25, 0.3) is 0 Å². The molecule has 5 nitrogen and oxygen atoms in total. The van der Waals surface area contributed by atoms with Crippen LogP contribution in [0.1, 0.15) is 31.2 Å². The third-order valence-electron chi connectivity index (χ3n) is 3.75. The van der Waals surface area contributed by atoms with E-state index in [0.29, 0.717) is 17.9 Å². The minimum absolute atomic E-state index is 0.0264. The van der Waals surface area contributed by atoms with E-state index in [4.69, 9.17) is 9.84 Å². The highest BCUT2D eigenvalue weighted by molar-refractivity contribution is 5.95. The molecule has 7 heteroatoms. The van der Waals surface area contributed by atoms with E-state index >= 15 is 0 Å². The van der Waals surface area contributed by atoms with Gasteiger partial charge in [0.2, 0.25) is 5.91 Å². The maximum absolute atomic E-state index is 13.8. The number of carboxylic acid groups (broad SMARTS) is 1. The molecule has 0 aliphatic rings. The Morgan fingerprint density at radius 3 is 2.31 bits per heavy atom. The topological polar surface area (TPSA) is 75.6 Å². The molecule has 2 N–H and O–H groups in total. The Hall–Kier alpha value is -2.96. The number of carbonyl (C=O) groups excluding carboxylic acids is 1. The molecule has 0 saturated heterocycles. The van der Waals surface area contributed by atoms with Crippen molar-refractivity contribution >= 4 is 17.6 Å². The van der Waals surface area contributed by atoms with Crippen molar-refractivity contribution in [2.75, 3.05) is 11.9 Å². The standard InChI is InChI=1S/C19H19F2NO4/c1-12(18-15(20)4-2-5-16(18)21)19(25)22-13-7-9-14(10-8-13)26-11-3-6-17(23)24/h2,4-5,7-10,12H,3,6,11H2,1H3,(H,22,25)(H,23,24). The van der Waals surface area contributed by atoms with E-state index in [1.54, 1.807) is 24.3 Å². The summed E-state index contributed by atoms with van der Waals surface area (Å²) in [6, 6.07) is 9.88. The van der Waals surface area contributed by atoms with Gasteiger partial charge >= 0.3 is 5.97 Å². The highest BCUT2D eigenvalue weighted by Gasteiger charge is 2.22. The van der Waals surface area contributed by atoms with Crippen molar-refractivity contribution in [3.8, 4) is 5.75 Å². The van der Waals surface area contributed by atoms with Crippen LogP contribution in [0.4, 0.5) is 14.5 Å². The van der Waals surface area contributed by atoms with Crippen LogP contribution in [0.25, 0.3) is 0 Å². The molecule has 0 aliphatic carbocycles. The predicted molar refractivity (Wildman–Crippen MR) is 92.2 cm³/mol. The van der Waals surface area contributed by atoms with Crippen molar-refractivity contribution in [2.24, 2.45) is 0 Å². The van der Waals surface area contributed by atoms with Gasteiger partial charge in [0.1, 0.15) is 17.4 Å². The van der Waals surface area contributed by atoms with Crippen molar-refractivity contribution in [3.05, 3.63) is 59.7 Å². The second kappa shape index (κ2) is 8.94. The largest absolute Gasteiger partial charge is 0.494 e. The summed E-state index contributed by atoms with van der Waals surface area (Å²) in [6.45, 7) is 1.69. The van der Waals surface area contributed by atoms with Gasteiger partial charge in [-0.1, -0.05) is 6.07 Å². The van der Waals surface area contributed by atoms with Crippen molar-refractivity contribution < 1.29 is 28.2 Å². The van der Waals surface area contributed by atoms with Crippen LogP contribution in [0.5, 0.6) is 5.75 Å². The predicted octanol–water partition coefficient (Wildman–Crippen LogP) is 3.95. The summed E-state index contributed by atoms with van der Waals surface area (Å²) < 4.78 is 32.9. The van der Waals surface area contributed by atoms with Gasteiger partial charge in [-0.25, -0.2) is 8.78 Å². The highest BCUT2D eigenvalue weighted by atomic mass is 19.1. The van der Waals surface area contributed by atoms with E-state index in [-0.39, 0.29) is 18.6 Å². The molecule has 1 unspecified atom stereocenters. The smallest absolute Gasteiger partial charge is 0.303 e. The van der Waals surface area contributed by atoms with Gasteiger partial charge in [0, 0.05) is 17.7 Å². The van der Waals surface area contributed by atoms with E-state index in [1.165, 1.54) is 13.0 Å². The zero-order valence-electron chi connectivity index (χ0n) is 14.2. The maximum atomic E-state index is 13.8. The Bertz CT molecular complexity index is 757. The Morgan fingerprint density at radius 1 is 1.12 bits per heavy atom. The van der Waals surface area contributed by atoms with Crippen molar-refractivity contribution in [1.82, 2.24) is 0 Å². The number of anilines is 1. The molecular weight excluding hydrogens is 344 g/mol. The number of hydrogen-bond acceptors (Lipinski definition) is 3. The fraction of sp³-hybridized carbons (Fsp3) is 0.263. The average molecular weight is 363 g/mol. The highest BCUT2D eigenvalue weighted by Crippen LogP contribution is 2.24. The third-order valence-corrected chi connectivity index (χ3v) is 3.75. The molecule has 2 aromatic rings. The van der Waals surface area contributed by atoms with E-state index in [1.807, 2.05) is 0 Å². The number of ether oxygens (including phenoxy) is 1. The minimum Gasteiger partial charge on any atom is -0.494 e. The van der Waals surface area contributed by atoms with Crippen LogP contribution < -0.4 is 10.1 Å². The number of carbonyl (C=O) groups is 2. The van der Waals surface area contributed by atoms with Crippen LogP contribution in [0.15, 0.2) is 42.5 Å². The summed E-state index contributed by atoms with van der Waals surface area (Å²) in [4.78, 5) is 22.7. The summed E-state index contributed by atoms with van der Waals surface area (Å²) in [7, 11) is 0. The van der Waals surface area contributed by atoms with Crippen molar-refractivity contribution in [3.63, 3.8) is 0 Å². The fourth-order valence-corrected chi connectivity index (χ4v) is 2.35. The summed E-state index contributed by atoms with van der Waals surface area (Å²) in [6.07, 6.45) is 0.415. The number of rotatable bonds is 8. The van der Waals surface area contributed by atoms with Gasteiger partial charge in [0.05, 0.1) is 12.5 Å². The van der Waals surface area contributed by atoms with Gasteiger partial charge in [-0.3, -0.25) is 9.59 Å². The first kappa shape index (κ1) is 19.4. The monoisotopic (exact) mass is 363 g/mol. The minimum atomic E-state index is -0.997. The van der Waals surface area contributed by atoms with Crippen LogP contribution in [-0.2, 0) is 9.59 Å². The first-order valence-electron chi connectivity index (χ1n) is 8.08. The van der Waals surface area contributed by atoms with Crippen LogP contribution in [0.3, 0.4) is 0 Å². The Balaban J connectivity index is 1.93. The molecule has 0 aromatic heterocycles. The summed E-state index contributed by atoms with van der Waals surface area (Å²) >= 11 is 0. The zero-order chi connectivity index (χ0) is 19.1. The number of carboxylic acids is 1. The summed E-state index contributed by atoms with van der Waals surface area (Å²) in [5, 5.41) is 11.1. The summed E-state index contributed by atoms with van der Waals surface area (Å²) in [5.74, 6) is -3.42. The first-order valence-corrected chi connectivity index (χ1v) is 8.08. The van der Waals surface area contributed by atoms with Crippen LogP contribution in [0.2, 0.25) is 0 Å². The molecule has 0 bridgehead atoms. The molecule has 26 heavy (non-hydrogen) atoms. The molecule has 2 aromatic carbocycles. The molecule has 2 rings (SSSR count). The number of aliphatic carboxylic acids is 1. The molecule has 0 saturated carbocycles. The molecule has 138 valence electrons. The average Bonchev–Trinajstić information content (AvgIpc) is 2.59. The SMILES string of the molecule is CC(C(=O)Nc1ccc(OCCCC(=O)O)cc1)c1c(F)cccc1F. The third kappa shape index (κ3) is 5.27. The van der Waals surface area contributed by atoms with Gasteiger partial charge in [-0.15, -0.1) is 0 Å². The lowest BCUT2D eigenvalue weighted by Crippen LogP contribution is -2.20. The molecule has 0 heterocycles. The van der Waals surface area contributed by atoms with E-state index in [2.05, 4.69) is 5.32 Å². The zero-order valence-corrected chi connectivity index (χ0v) is 14.2. The van der Waals surface area contributed by atoms with E-state index in [9.17, 15) is 18.4 Å². The van der Waals surface area contributed by atoms with Crippen LogP contribution >= 0.6 is 0 Å². The first-order chi connectivity index (χ1) is 12.4. The molecular formula is C19H19F2NO4. The van der Waals surface area contributed by atoms with Gasteiger partial charge in [-0.05, 0) is 49.7 Å². The number of amides is 1. The van der Waals surface area contributed by atoms with E-state index < -0.39 is 29.4 Å². The second-order valence-corrected chi connectivity index (χ2v) is 5.72. The Labute approximate surface area is 149 Å². The molecule has 1 amide bonds. The lowest BCUT2D eigenvalue weighted by atomic mass is 9.99.